The summed E-state index contributed by atoms with van der Waals surface area (Å²) in [6, 6.07) is 3.57. The van der Waals surface area contributed by atoms with Crippen molar-refractivity contribution in [1.82, 2.24) is 5.32 Å². The molecule has 1 aromatic rings. The third-order valence-electron chi connectivity index (χ3n) is 4.39. The Morgan fingerprint density at radius 2 is 2.20 bits per heavy atom. The first-order valence-electron chi connectivity index (χ1n) is 7.44. The molecule has 20 heavy (non-hydrogen) atoms. The number of furan rings is 1. The minimum atomic E-state index is -0.497. The van der Waals surface area contributed by atoms with E-state index in [2.05, 4.69) is 26.1 Å². The van der Waals surface area contributed by atoms with Gasteiger partial charge in [0.1, 0.15) is 10.7 Å². The molecule has 1 fully saturated rings. The summed E-state index contributed by atoms with van der Waals surface area (Å²) < 4.78 is 5.20. The molecular weight excluding hydrogens is 256 g/mol. The average molecular weight is 280 g/mol. The molecule has 0 radical (unpaired) electrons. The van der Waals surface area contributed by atoms with Gasteiger partial charge in [0.15, 0.2) is 0 Å². The van der Waals surface area contributed by atoms with Gasteiger partial charge in [0.05, 0.1) is 12.6 Å². The molecule has 0 spiro atoms. The number of nitro groups is 1. The Balaban J connectivity index is 1.94. The van der Waals surface area contributed by atoms with Crippen LogP contribution in [0, 0.1) is 27.9 Å². The lowest BCUT2D eigenvalue weighted by molar-refractivity contribution is -0.402. The largest absolute Gasteiger partial charge is 0.433 e. The van der Waals surface area contributed by atoms with E-state index in [4.69, 9.17) is 4.42 Å². The molecule has 1 heterocycles. The molecule has 1 aromatic heterocycles. The monoisotopic (exact) mass is 280 g/mol. The lowest BCUT2D eigenvalue weighted by atomic mass is 9.74. The molecule has 0 amide bonds. The fourth-order valence-corrected chi connectivity index (χ4v) is 3.23. The highest BCUT2D eigenvalue weighted by molar-refractivity contribution is 5.17. The van der Waals surface area contributed by atoms with Crippen LogP contribution < -0.4 is 5.32 Å². The topological polar surface area (TPSA) is 68.3 Å². The molecule has 0 aliphatic heterocycles. The van der Waals surface area contributed by atoms with E-state index in [0.717, 1.165) is 5.92 Å². The van der Waals surface area contributed by atoms with E-state index >= 15 is 0 Å². The summed E-state index contributed by atoms with van der Waals surface area (Å²) in [6.45, 7) is 7.40. The van der Waals surface area contributed by atoms with Crippen molar-refractivity contribution in [1.29, 1.82) is 0 Å². The highest BCUT2D eigenvalue weighted by Gasteiger charge is 2.30. The molecule has 112 valence electrons. The molecule has 3 unspecified atom stereocenters. The summed E-state index contributed by atoms with van der Waals surface area (Å²) in [5.41, 5.74) is 0. The number of nitrogens with one attached hydrogen (secondary N) is 1. The van der Waals surface area contributed by atoms with Crippen LogP contribution in [-0.2, 0) is 6.54 Å². The van der Waals surface area contributed by atoms with Crippen LogP contribution in [0.25, 0.3) is 0 Å². The predicted molar refractivity (Wildman–Crippen MR) is 77.3 cm³/mol. The molecule has 0 saturated heterocycles. The second-order valence-electron chi connectivity index (χ2n) is 6.31. The van der Waals surface area contributed by atoms with Crippen LogP contribution in [0.4, 0.5) is 5.88 Å². The second-order valence-corrected chi connectivity index (χ2v) is 6.31. The van der Waals surface area contributed by atoms with Crippen molar-refractivity contribution in [2.75, 3.05) is 0 Å². The number of hydrogen-bond acceptors (Lipinski definition) is 4. The molecule has 5 heteroatoms. The van der Waals surface area contributed by atoms with Crippen LogP contribution >= 0.6 is 0 Å². The average Bonchev–Trinajstić information content (AvgIpc) is 2.85. The summed E-state index contributed by atoms with van der Waals surface area (Å²) >= 11 is 0. The van der Waals surface area contributed by atoms with Crippen LogP contribution in [0.15, 0.2) is 16.5 Å². The first-order chi connectivity index (χ1) is 9.47. The molecule has 0 aromatic carbocycles. The van der Waals surface area contributed by atoms with Gasteiger partial charge in [-0.2, -0.15) is 0 Å². The van der Waals surface area contributed by atoms with Gasteiger partial charge in [-0.15, -0.1) is 0 Å². The first-order valence-corrected chi connectivity index (χ1v) is 7.44. The molecular formula is C15H24N2O3. The Bertz CT molecular complexity index is 456. The molecule has 0 bridgehead atoms. The van der Waals surface area contributed by atoms with E-state index in [9.17, 15) is 10.1 Å². The zero-order chi connectivity index (χ0) is 14.7. The summed E-state index contributed by atoms with van der Waals surface area (Å²) in [5.74, 6) is 2.53. The van der Waals surface area contributed by atoms with Gasteiger partial charge in [0.25, 0.3) is 0 Å². The minimum absolute atomic E-state index is 0.181. The third-order valence-corrected chi connectivity index (χ3v) is 4.39. The lowest BCUT2D eigenvalue weighted by Crippen LogP contribution is -2.42. The fourth-order valence-electron chi connectivity index (χ4n) is 3.23. The summed E-state index contributed by atoms with van der Waals surface area (Å²) in [6.07, 6.45) is 3.73. The van der Waals surface area contributed by atoms with Gasteiger partial charge in [-0.25, -0.2) is 0 Å². The molecule has 1 saturated carbocycles. The van der Waals surface area contributed by atoms with Gasteiger partial charge in [-0.3, -0.25) is 10.1 Å². The Labute approximate surface area is 119 Å². The van der Waals surface area contributed by atoms with Crippen molar-refractivity contribution < 1.29 is 9.34 Å². The van der Waals surface area contributed by atoms with Gasteiger partial charge in [-0.05, 0) is 36.7 Å². The molecule has 5 nitrogen and oxygen atoms in total. The molecule has 1 aliphatic carbocycles. The Morgan fingerprint density at radius 1 is 1.45 bits per heavy atom. The number of nitrogens with zero attached hydrogens (tertiary/aromatic N) is 1. The summed E-state index contributed by atoms with van der Waals surface area (Å²) in [4.78, 5) is 10.1. The zero-order valence-electron chi connectivity index (χ0n) is 12.5. The van der Waals surface area contributed by atoms with Gasteiger partial charge in [-0.1, -0.05) is 27.2 Å². The van der Waals surface area contributed by atoms with Gasteiger partial charge < -0.3 is 9.73 Å². The Kier molecular flexibility index (Phi) is 4.81. The van der Waals surface area contributed by atoms with E-state index in [1.807, 2.05) is 0 Å². The SMILES string of the molecule is CC1CCC(C(C)C)C(NCc2ccc([N+](=O)[O-])o2)C1. The van der Waals surface area contributed by atoms with Crippen LogP contribution in [0.2, 0.25) is 0 Å². The predicted octanol–water partition coefficient (Wildman–Crippen LogP) is 3.74. The van der Waals surface area contributed by atoms with Crippen molar-refractivity contribution in [2.45, 2.75) is 52.6 Å². The highest BCUT2D eigenvalue weighted by Crippen LogP contribution is 2.33. The van der Waals surface area contributed by atoms with Crippen molar-refractivity contribution in [3.63, 3.8) is 0 Å². The number of rotatable bonds is 5. The van der Waals surface area contributed by atoms with Crippen LogP contribution in [0.3, 0.4) is 0 Å². The van der Waals surface area contributed by atoms with Crippen molar-refractivity contribution in [3.8, 4) is 0 Å². The maximum absolute atomic E-state index is 10.6. The van der Waals surface area contributed by atoms with Crippen LogP contribution in [0.1, 0.15) is 45.8 Å². The molecule has 1 aliphatic rings. The maximum Gasteiger partial charge on any atom is 0.433 e. The summed E-state index contributed by atoms with van der Waals surface area (Å²) in [7, 11) is 0. The first kappa shape index (κ1) is 15.0. The van der Waals surface area contributed by atoms with E-state index in [0.29, 0.717) is 30.2 Å². The zero-order valence-corrected chi connectivity index (χ0v) is 12.5. The quantitative estimate of drug-likeness (QED) is 0.659. The maximum atomic E-state index is 10.6. The van der Waals surface area contributed by atoms with E-state index in [1.165, 1.54) is 25.3 Å². The van der Waals surface area contributed by atoms with Crippen molar-refractivity contribution >= 4 is 5.88 Å². The third kappa shape index (κ3) is 3.60. The fraction of sp³-hybridized carbons (Fsp3) is 0.733. The summed E-state index contributed by atoms with van der Waals surface area (Å²) in [5, 5.41) is 14.1. The van der Waals surface area contributed by atoms with Crippen LogP contribution in [0.5, 0.6) is 0 Å². The molecule has 2 rings (SSSR count). The second kappa shape index (κ2) is 6.39. The Morgan fingerprint density at radius 3 is 2.80 bits per heavy atom. The van der Waals surface area contributed by atoms with Gasteiger partial charge >= 0.3 is 5.88 Å². The van der Waals surface area contributed by atoms with E-state index < -0.39 is 4.92 Å². The van der Waals surface area contributed by atoms with Gasteiger partial charge in [0.2, 0.25) is 0 Å². The van der Waals surface area contributed by atoms with Crippen LogP contribution in [-0.4, -0.2) is 11.0 Å². The normalized spacial score (nSPS) is 26.9. The molecule has 1 N–H and O–H groups in total. The highest BCUT2D eigenvalue weighted by atomic mass is 16.6. The molecule has 3 atom stereocenters. The lowest BCUT2D eigenvalue weighted by Gasteiger charge is -2.37. The Hall–Kier alpha value is -1.36. The smallest absolute Gasteiger partial charge is 0.404 e. The standard InChI is InChI=1S/C15H24N2O3/c1-10(2)13-6-4-11(3)8-14(13)16-9-12-5-7-15(20-12)17(18)19/h5,7,10-11,13-14,16H,4,6,8-9H2,1-3H3. The van der Waals surface area contributed by atoms with Gasteiger partial charge in [0, 0.05) is 6.04 Å². The van der Waals surface area contributed by atoms with E-state index in [1.54, 1.807) is 6.07 Å². The van der Waals surface area contributed by atoms with Crippen molar-refractivity contribution in [2.24, 2.45) is 17.8 Å². The minimum Gasteiger partial charge on any atom is -0.404 e. The number of hydrogen-bond donors (Lipinski definition) is 1. The van der Waals surface area contributed by atoms with E-state index in [-0.39, 0.29) is 5.88 Å². The van der Waals surface area contributed by atoms with Crippen molar-refractivity contribution in [3.05, 3.63) is 28.0 Å².